The second kappa shape index (κ2) is 10.5. The Bertz CT molecular complexity index is 678. The van der Waals surface area contributed by atoms with E-state index in [9.17, 15) is 9.59 Å². The van der Waals surface area contributed by atoms with Gasteiger partial charge in [0.1, 0.15) is 0 Å². The van der Waals surface area contributed by atoms with Crippen molar-refractivity contribution < 1.29 is 9.59 Å². The second-order valence-electron chi connectivity index (χ2n) is 9.38. The Labute approximate surface area is 180 Å². The fourth-order valence-corrected chi connectivity index (χ4v) is 4.70. The van der Waals surface area contributed by atoms with Crippen molar-refractivity contribution in [2.45, 2.75) is 50.7 Å². The van der Waals surface area contributed by atoms with E-state index < -0.39 is 0 Å². The zero-order valence-electron chi connectivity index (χ0n) is 18.8. The normalized spacial score (nSPS) is 15.8. The molecule has 162 valence electrons. The molecule has 1 saturated heterocycles. The van der Waals surface area contributed by atoms with E-state index in [1.54, 1.807) is 11.8 Å². The van der Waals surface area contributed by atoms with Crippen molar-refractivity contribution in [3.05, 3.63) is 29.8 Å². The van der Waals surface area contributed by atoms with Gasteiger partial charge in [-0.05, 0) is 56.6 Å². The summed E-state index contributed by atoms with van der Waals surface area (Å²) in [7, 11) is 4.10. The van der Waals surface area contributed by atoms with Crippen LogP contribution in [-0.2, 0) is 4.79 Å². The van der Waals surface area contributed by atoms with Crippen LogP contribution in [0.1, 0.15) is 50.9 Å². The number of thioether (sulfide) groups is 1. The predicted octanol–water partition coefficient (Wildman–Crippen LogP) is 3.74. The number of hydrogen-bond acceptors (Lipinski definition) is 4. The molecule has 1 aromatic carbocycles. The van der Waals surface area contributed by atoms with Gasteiger partial charge in [0.05, 0.1) is 0 Å². The van der Waals surface area contributed by atoms with Crippen LogP contribution in [-0.4, -0.2) is 67.1 Å². The number of piperidine rings is 1. The third kappa shape index (κ3) is 7.67. The molecule has 0 aliphatic carbocycles. The summed E-state index contributed by atoms with van der Waals surface area (Å²) in [6.45, 7) is 11.5. The first-order valence-electron chi connectivity index (χ1n) is 10.6. The van der Waals surface area contributed by atoms with Crippen LogP contribution in [0.15, 0.2) is 29.2 Å². The molecule has 6 heteroatoms. The summed E-state index contributed by atoms with van der Waals surface area (Å²) in [6.07, 6.45) is 1.46. The van der Waals surface area contributed by atoms with Crippen molar-refractivity contribution in [1.29, 1.82) is 0 Å². The number of amides is 2. The summed E-state index contributed by atoms with van der Waals surface area (Å²) in [6, 6.07) is 7.87. The second-order valence-corrected chi connectivity index (χ2v) is 11.0. The maximum absolute atomic E-state index is 12.8. The van der Waals surface area contributed by atoms with Crippen LogP contribution in [0.3, 0.4) is 0 Å². The number of nitrogens with zero attached hydrogens (tertiary/aromatic N) is 2. The molecule has 0 spiro atoms. The first-order valence-corrected chi connectivity index (χ1v) is 11.4. The smallest absolute Gasteiger partial charge is 0.253 e. The maximum atomic E-state index is 12.8. The summed E-state index contributed by atoms with van der Waals surface area (Å²) in [5.41, 5.74) is 0.766. The minimum absolute atomic E-state index is 0.000904. The first-order chi connectivity index (χ1) is 13.6. The van der Waals surface area contributed by atoms with Crippen LogP contribution >= 0.6 is 11.8 Å². The number of carbonyl (C=O) groups excluding carboxylic acids is 2. The number of benzene rings is 1. The van der Waals surface area contributed by atoms with Crippen molar-refractivity contribution in [2.24, 2.45) is 11.3 Å². The highest BCUT2D eigenvalue weighted by molar-refractivity contribution is 7.99. The third-order valence-corrected chi connectivity index (χ3v) is 6.13. The monoisotopic (exact) mass is 419 g/mol. The molecule has 0 atom stereocenters. The molecule has 1 N–H and O–H groups in total. The topological polar surface area (TPSA) is 52.7 Å². The highest BCUT2D eigenvalue weighted by Crippen LogP contribution is 2.24. The van der Waals surface area contributed by atoms with Crippen LogP contribution in [0.5, 0.6) is 0 Å². The molecular formula is C23H37N3O2S. The quantitative estimate of drug-likeness (QED) is 0.652. The van der Waals surface area contributed by atoms with Gasteiger partial charge in [0.15, 0.2) is 0 Å². The first kappa shape index (κ1) is 23.7. The lowest BCUT2D eigenvalue weighted by atomic mass is 9.91. The van der Waals surface area contributed by atoms with Gasteiger partial charge in [-0.2, -0.15) is 0 Å². The SMILES string of the molecule is CC(C)Sc1ccc(C(=O)N2CCC(C(=O)NCC(C)(C)CN(C)C)CC2)cc1. The Morgan fingerprint density at radius 3 is 2.28 bits per heavy atom. The lowest BCUT2D eigenvalue weighted by Gasteiger charge is -2.33. The summed E-state index contributed by atoms with van der Waals surface area (Å²) in [5.74, 6) is 0.190. The lowest BCUT2D eigenvalue weighted by molar-refractivity contribution is -0.126. The van der Waals surface area contributed by atoms with Gasteiger partial charge in [0.2, 0.25) is 5.91 Å². The molecule has 5 nitrogen and oxygen atoms in total. The molecule has 1 aromatic rings. The van der Waals surface area contributed by atoms with E-state index in [0.29, 0.717) is 24.9 Å². The van der Waals surface area contributed by atoms with Crippen LogP contribution in [0, 0.1) is 11.3 Å². The van der Waals surface area contributed by atoms with E-state index in [-0.39, 0.29) is 23.1 Å². The van der Waals surface area contributed by atoms with Gasteiger partial charge < -0.3 is 15.1 Å². The Morgan fingerprint density at radius 2 is 1.76 bits per heavy atom. The van der Waals surface area contributed by atoms with Crippen LogP contribution in [0.4, 0.5) is 0 Å². The molecule has 0 unspecified atom stereocenters. The van der Waals surface area contributed by atoms with Crippen LogP contribution in [0.2, 0.25) is 0 Å². The zero-order valence-corrected chi connectivity index (χ0v) is 19.6. The molecule has 0 saturated carbocycles. The molecule has 2 rings (SSSR count). The van der Waals surface area contributed by atoms with E-state index in [0.717, 1.165) is 24.9 Å². The molecular weight excluding hydrogens is 382 g/mol. The largest absolute Gasteiger partial charge is 0.355 e. The van der Waals surface area contributed by atoms with Crippen LogP contribution < -0.4 is 5.32 Å². The fourth-order valence-electron chi connectivity index (χ4n) is 3.86. The number of nitrogens with one attached hydrogen (secondary N) is 1. The van der Waals surface area contributed by atoms with Crippen molar-refractivity contribution >= 4 is 23.6 Å². The molecule has 1 heterocycles. The maximum Gasteiger partial charge on any atom is 0.253 e. The summed E-state index contributed by atoms with van der Waals surface area (Å²) >= 11 is 1.80. The van der Waals surface area contributed by atoms with E-state index in [1.807, 2.05) is 43.3 Å². The predicted molar refractivity (Wildman–Crippen MR) is 121 cm³/mol. The average molecular weight is 420 g/mol. The number of rotatable bonds is 8. The van der Waals surface area contributed by atoms with E-state index >= 15 is 0 Å². The Hall–Kier alpha value is -1.53. The summed E-state index contributed by atoms with van der Waals surface area (Å²) in [4.78, 5) is 30.6. The molecule has 29 heavy (non-hydrogen) atoms. The van der Waals surface area contributed by atoms with Gasteiger partial charge in [0, 0.05) is 47.8 Å². The van der Waals surface area contributed by atoms with Crippen LogP contribution in [0.25, 0.3) is 0 Å². The van der Waals surface area contributed by atoms with E-state index in [4.69, 9.17) is 0 Å². The highest BCUT2D eigenvalue weighted by Gasteiger charge is 2.29. The molecule has 1 aliphatic rings. The Balaban J connectivity index is 1.82. The number of likely N-dealkylation sites (tertiary alicyclic amines) is 1. The molecule has 0 bridgehead atoms. The van der Waals surface area contributed by atoms with E-state index in [2.05, 4.69) is 37.9 Å². The Morgan fingerprint density at radius 1 is 1.17 bits per heavy atom. The standard InChI is InChI=1S/C23H37N3O2S/c1-17(2)29-20-9-7-19(8-10-20)22(28)26-13-11-18(12-14-26)21(27)24-15-23(3,4)16-25(5)6/h7-10,17-18H,11-16H2,1-6H3,(H,24,27). The van der Waals surface area contributed by atoms with Gasteiger partial charge in [0.25, 0.3) is 5.91 Å². The third-order valence-electron chi connectivity index (χ3n) is 5.11. The lowest BCUT2D eigenvalue weighted by Crippen LogP contribution is -2.46. The molecule has 1 fully saturated rings. The summed E-state index contributed by atoms with van der Waals surface area (Å²) < 4.78 is 0. The van der Waals surface area contributed by atoms with Crippen molar-refractivity contribution in [3.63, 3.8) is 0 Å². The Kier molecular flexibility index (Phi) is 8.58. The van der Waals surface area contributed by atoms with Crippen molar-refractivity contribution in [1.82, 2.24) is 15.1 Å². The number of hydrogen-bond donors (Lipinski definition) is 1. The van der Waals surface area contributed by atoms with Gasteiger partial charge in [-0.1, -0.05) is 27.7 Å². The van der Waals surface area contributed by atoms with E-state index in [1.165, 1.54) is 4.90 Å². The molecule has 0 radical (unpaired) electrons. The van der Waals surface area contributed by atoms with Crippen molar-refractivity contribution in [3.8, 4) is 0 Å². The highest BCUT2D eigenvalue weighted by atomic mass is 32.2. The van der Waals surface area contributed by atoms with Crippen molar-refractivity contribution in [2.75, 3.05) is 40.3 Å². The van der Waals surface area contributed by atoms with Gasteiger partial charge >= 0.3 is 0 Å². The fraction of sp³-hybridized carbons (Fsp3) is 0.652. The minimum Gasteiger partial charge on any atom is -0.355 e. The average Bonchev–Trinajstić information content (AvgIpc) is 2.65. The zero-order chi connectivity index (χ0) is 21.6. The molecule has 0 aromatic heterocycles. The van der Waals surface area contributed by atoms with Gasteiger partial charge in [-0.25, -0.2) is 0 Å². The summed E-state index contributed by atoms with van der Waals surface area (Å²) in [5, 5.41) is 3.65. The number of carbonyl (C=O) groups is 2. The molecule has 2 amide bonds. The van der Waals surface area contributed by atoms with Gasteiger partial charge in [-0.15, -0.1) is 11.8 Å². The molecule has 1 aliphatic heterocycles. The van der Waals surface area contributed by atoms with Gasteiger partial charge in [-0.3, -0.25) is 9.59 Å². The minimum atomic E-state index is -0.000904.